The van der Waals surface area contributed by atoms with Crippen LogP contribution in [0.15, 0.2) is 42.5 Å². The predicted octanol–water partition coefficient (Wildman–Crippen LogP) is 3.28. The fourth-order valence-corrected chi connectivity index (χ4v) is 4.28. The van der Waals surface area contributed by atoms with Crippen molar-refractivity contribution in [1.82, 2.24) is 25.5 Å². The maximum absolute atomic E-state index is 13.6. The monoisotopic (exact) mass is 480 g/mol. The molecule has 1 aliphatic carbocycles. The number of nitrogens with one attached hydrogen (secondary N) is 1. The summed E-state index contributed by atoms with van der Waals surface area (Å²) in [5.41, 5.74) is 1.98. The summed E-state index contributed by atoms with van der Waals surface area (Å²) < 4.78 is 18.7. The molecule has 184 valence electrons. The van der Waals surface area contributed by atoms with Crippen LogP contribution < -0.4 is 15.0 Å². The highest BCUT2D eigenvalue weighted by Crippen LogP contribution is 2.31. The van der Waals surface area contributed by atoms with Gasteiger partial charge in [-0.15, -0.1) is 10.2 Å². The van der Waals surface area contributed by atoms with Gasteiger partial charge >= 0.3 is 0 Å². The second kappa shape index (κ2) is 10.6. The lowest BCUT2D eigenvalue weighted by Crippen LogP contribution is -2.51. The number of halogens is 1. The van der Waals surface area contributed by atoms with E-state index in [2.05, 4.69) is 20.7 Å². The predicted molar refractivity (Wildman–Crippen MR) is 128 cm³/mol. The number of amides is 2. The Morgan fingerprint density at radius 2 is 1.91 bits per heavy atom. The highest BCUT2D eigenvalue weighted by Gasteiger charge is 2.32. The molecule has 1 saturated carbocycles. The Labute approximate surface area is 203 Å². The average molecular weight is 481 g/mol. The molecule has 0 spiro atoms. The standard InChI is InChI=1S/C25H29FN6O3/c1-16-8-13-22(35-3)21(14-16)32(17(2)25(34)27-20-6-4-5-7-20)23(33)15-31-29-24(28-30-31)18-9-11-19(26)12-10-18/h8-14,17,20H,4-7,15H2,1-3H3,(H,27,34). The maximum Gasteiger partial charge on any atom is 0.251 e. The minimum Gasteiger partial charge on any atom is -0.495 e. The van der Waals surface area contributed by atoms with Gasteiger partial charge in [0.25, 0.3) is 5.91 Å². The van der Waals surface area contributed by atoms with E-state index >= 15 is 0 Å². The van der Waals surface area contributed by atoms with Crippen molar-refractivity contribution in [2.75, 3.05) is 12.0 Å². The van der Waals surface area contributed by atoms with E-state index < -0.39 is 11.9 Å². The Morgan fingerprint density at radius 3 is 2.60 bits per heavy atom. The van der Waals surface area contributed by atoms with Crippen LogP contribution in [0.3, 0.4) is 0 Å². The molecule has 10 heteroatoms. The molecule has 0 radical (unpaired) electrons. The lowest BCUT2D eigenvalue weighted by Gasteiger charge is -2.30. The maximum atomic E-state index is 13.6. The van der Waals surface area contributed by atoms with Crippen LogP contribution in [0.2, 0.25) is 0 Å². The first-order chi connectivity index (χ1) is 16.9. The van der Waals surface area contributed by atoms with Crippen molar-refractivity contribution in [3.8, 4) is 17.1 Å². The molecule has 2 aromatic carbocycles. The Balaban J connectivity index is 1.60. The van der Waals surface area contributed by atoms with Crippen LogP contribution in [-0.2, 0) is 16.1 Å². The summed E-state index contributed by atoms with van der Waals surface area (Å²) in [6, 6.07) is 10.5. The number of rotatable bonds is 8. The van der Waals surface area contributed by atoms with Crippen molar-refractivity contribution < 1.29 is 18.7 Å². The van der Waals surface area contributed by atoms with Gasteiger partial charge in [0.15, 0.2) is 0 Å². The Bertz CT molecular complexity index is 1190. The molecule has 9 nitrogen and oxygen atoms in total. The highest BCUT2D eigenvalue weighted by atomic mass is 19.1. The Morgan fingerprint density at radius 1 is 1.20 bits per heavy atom. The molecule has 2 amide bonds. The molecule has 1 aliphatic rings. The summed E-state index contributed by atoms with van der Waals surface area (Å²) in [5, 5.41) is 15.3. The zero-order valence-electron chi connectivity index (χ0n) is 20.1. The molecule has 1 N–H and O–H groups in total. The van der Waals surface area contributed by atoms with Crippen LogP contribution in [0.4, 0.5) is 10.1 Å². The number of hydrogen-bond donors (Lipinski definition) is 1. The summed E-state index contributed by atoms with van der Waals surface area (Å²) in [4.78, 5) is 29.3. The topological polar surface area (TPSA) is 102 Å². The minimum absolute atomic E-state index is 0.122. The van der Waals surface area contributed by atoms with E-state index in [9.17, 15) is 14.0 Å². The number of tetrazole rings is 1. The number of nitrogens with zero attached hydrogens (tertiary/aromatic N) is 5. The van der Waals surface area contributed by atoms with Gasteiger partial charge < -0.3 is 10.1 Å². The van der Waals surface area contributed by atoms with Gasteiger partial charge in [-0.3, -0.25) is 14.5 Å². The second-order valence-electron chi connectivity index (χ2n) is 8.76. The normalized spacial score (nSPS) is 14.5. The molecule has 4 rings (SSSR count). The first-order valence-electron chi connectivity index (χ1n) is 11.7. The molecule has 1 aromatic heterocycles. The quantitative estimate of drug-likeness (QED) is 0.531. The third-order valence-corrected chi connectivity index (χ3v) is 6.16. The highest BCUT2D eigenvalue weighted by molar-refractivity contribution is 6.01. The summed E-state index contributed by atoms with van der Waals surface area (Å²) in [7, 11) is 1.52. The molecule has 35 heavy (non-hydrogen) atoms. The van der Waals surface area contributed by atoms with Crippen molar-refractivity contribution in [1.29, 1.82) is 0 Å². The van der Waals surface area contributed by atoms with Gasteiger partial charge in [-0.2, -0.15) is 4.80 Å². The Hall–Kier alpha value is -3.82. The van der Waals surface area contributed by atoms with Crippen molar-refractivity contribution in [2.45, 2.75) is 58.2 Å². The van der Waals surface area contributed by atoms with Crippen LogP contribution >= 0.6 is 0 Å². The molecule has 1 atom stereocenters. The summed E-state index contributed by atoms with van der Waals surface area (Å²) in [5.74, 6) is -0.255. The fourth-order valence-electron chi connectivity index (χ4n) is 4.28. The molecule has 0 bridgehead atoms. The summed E-state index contributed by atoms with van der Waals surface area (Å²) >= 11 is 0. The third kappa shape index (κ3) is 5.64. The molecule has 0 aliphatic heterocycles. The van der Waals surface area contributed by atoms with Gasteiger partial charge in [0.1, 0.15) is 24.2 Å². The van der Waals surface area contributed by atoms with E-state index in [0.29, 0.717) is 17.0 Å². The molecule has 0 saturated heterocycles. The van der Waals surface area contributed by atoms with E-state index in [4.69, 9.17) is 4.74 Å². The SMILES string of the molecule is COc1ccc(C)cc1N(C(=O)Cn1nnc(-c2ccc(F)cc2)n1)C(C)C(=O)NC1CCCC1. The summed E-state index contributed by atoms with van der Waals surface area (Å²) in [6.45, 7) is 3.36. The van der Waals surface area contributed by atoms with E-state index in [1.807, 2.05) is 19.1 Å². The second-order valence-corrected chi connectivity index (χ2v) is 8.76. The first-order valence-corrected chi connectivity index (χ1v) is 11.7. The molecule has 1 heterocycles. The van der Waals surface area contributed by atoms with Crippen LogP contribution in [0.5, 0.6) is 5.75 Å². The van der Waals surface area contributed by atoms with Gasteiger partial charge in [-0.1, -0.05) is 18.9 Å². The number of ether oxygens (including phenoxy) is 1. The van der Waals surface area contributed by atoms with Gasteiger partial charge in [-0.25, -0.2) is 4.39 Å². The lowest BCUT2D eigenvalue weighted by molar-refractivity contribution is -0.127. The van der Waals surface area contributed by atoms with Crippen LogP contribution in [0.25, 0.3) is 11.4 Å². The van der Waals surface area contributed by atoms with E-state index in [-0.39, 0.29) is 30.1 Å². The van der Waals surface area contributed by atoms with E-state index in [1.54, 1.807) is 13.0 Å². The van der Waals surface area contributed by atoms with E-state index in [0.717, 1.165) is 36.0 Å². The number of carbonyl (C=O) groups excluding carboxylic acids is 2. The third-order valence-electron chi connectivity index (χ3n) is 6.16. The first kappa shape index (κ1) is 24.3. The smallest absolute Gasteiger partial charge is 0.251 e. The van der Waals surface area contributed by atoms with Gasteiger partial charge in [0, 0.05) is 11.6 Å². The Kier molecular flexibility index (Phi) is 7.38. The molecular formula is C25H29FN6O3. The van der Waals surface area contributed by atoms with Crippen molar-refractivity contribution >= 4 is 17.5 Å². The number of hydrogen-bond acceptors (Lipinski definition) is 6. The zero-order valence-corrected chi connectivity index (χ0v) is 20.1. The zero-order chi connectivity index (χ0) is 24.9. The number of methoxy groups -OCH3 is 1. The summed E-state index contributed by atoms with van der Waals surface area (Å²) in [6.07, 6.45) is 4.05. The van der Waals surface area contributed by atoms with Gasteiger partial charge in [0.2, 0.25) is 11.7 Å². The molecule has 1 unspecified atom stereocenters. The van der Waals surface area contributed by atoms with Gasteiger partial charge in [0.05, 0.1) is 12.8 Å². The number of carbonyl (C=O) groups is 2. The number of anilines is 1. The van der Waals surface area contributed by atoms with Crippen molar-refractivity contribution in [3.05, 3.63) is 53.8 Å². The fraction of sp³-hybridized carbons (Fsp3) is 0.400. The van der Waals surface area contributed by atoms with E-state index in [1.165, 1.54) is 36.3 Å². The van der Waals surface area contributed by atoms with Crippen LogP contribution in [0.1, 0.15) is 38.2 Å². The number of aromatic nitrogens is 4. The van der Waals surface area contributed by atoms with Crippen molar-refractivity contribution in [3.63, 3.8) is 0 Å². The minimum atomic E-state index is -0.793. The van der Waals surface area contributed by atoms with Crippen molar-refractivity contribution in [2.24, 2.45) is 0 Å². The molecule has 1 fully saturated rings. The van der Waals surface area contributed by atoms with Gasteiger partial charge in [-0.05, 0) is 73.9 Å². The largest absolute Gasteiger partial charge is 0.495 e. The lowest BCUT2D eigenvalue weighted by atomic mass is 10.1. The molecular weight excluding hydrogens is 451 g/mol. The molecule has 3 aromatic rings. The number of aryl methyl sites for hydroxylation is 1. The number of benzene rings is 2. The van der Waals surface area contributed by atoms with Crippen LogP contribution in [-0.4, -0.2) is 51.2 Å². The average Bonchev–Trinajstić information content (AvgIpc) is 3.52. The van der Waals surface area contributed by atoms with Crippen LogP contribution in [0, 0.1) is 12.7 Å².